The molecule has 0 aliphatic carbocycles. The smallest absolute Gasteiger partial charge is 0.252 e. The van der Waals surface area contributed by atoms with Crippen molar-refractivity contribution in [2.45, 2.75) is 43.2 Å². The van der Waals surface area contributed by atoms with Crippen LogP contribution in [-0.4, -0.2) is 37.5 Å². The van der Waals surface area contributed by atoms with E-state index in [1.54, 1.807) is 7.11 Å². The predicted molar refractivity (Wildman–Crippen MR) is 98.5 cm³/mol. The Morgan fingerprint density at radius 1 is 1.35 bits per heavy atom. The lowest BCUT2D eigenvalue weighted by Crippen LogP contribution is -2.54. The number of piperidine rings is 1. The van der Waals surface area contributed by atoms with Gasteiger partial charge in [-0.1, -0.05) is 19.1 Å². The first-order valence-electron chi connectivity index (χ1n) is 7.91. The molecule has 0 spiro atoms. The molecule has 1 amide bonds. The Bertz CT molecular complexity index is 490. The van der Waals surface area contributed by atoms with Gasteiger partial charge < -0.3 is 15.4 Å². The summed E-state index contributed by atoms with van der Waals surface area (Å²) in [6.07, 6.45) is 1.43. The molecule has 0 saturated carbocycles. The minimum atomic E-state index is -0.683. The van der Waals surface area contributed by atoms with Gasteiger partial charge in [-0.15, -0.1) is 24.2 Å². The molecule has 1 aliphatic heterocycles. The standard InChI is InChI=1S/C17H26N2O2S.ClH/c1-4-22-15-7-5-14(6-8-15)13(2)19-16(20)17(21-3)9-11-18-12-10-17;/h5-8,13,18H,4,9-12H2,1-3H3,(H,19,20);1H. The molecule has 23 heavy (non-hydrogen) atoms. The van der Waals surface area contributed by atoms with Gasteiger partial charge in [-0.05, 0) is 56.3 Å². The zero-order chi connectivity index (χ0) is 16.0. The van der Waals surface area contributed by atoms with Crippen molar-refractivity contribution >= 4 is 30.1 Å². The van der Waals surface area contributed by atoms with Gasteiger partial charge in [0.25, 0.3) is 5.91 Å². The van der Waals surface area contributed by atoms with Gasteiger partial charge in [-0.2, -0.15) is 0 Å². The summed E-state index contributed by atoms with van der Waals surface area (Å²) >= 11 is 1.82. The number of carbonyl (C=O) groups is 1. The first-order valence-corrected chi connectivity index (χ1v) is 8.89. The SMILES string of the molecule is CCSc1ccc(C(C)NC(=O)C2(OC)CCNCC2)cc1.Cl. The topological polar surface area (TPSA) is 50.4 Å². The van der Waals surface area contributed by atoms with E-state index in [2.05, 4.69) is 41.8 Å². The Balaban J connectivity index is 0.00000264. The van der Waals surface area contributed by atoms with E-state index >= 15 is 0 Å². The van der Waals surface area contributed by atoms with Crippen molar-refractivity contribution in [2.24, 2.45) is 0 Å². The minimum absolute atomic E-state index is 0. The third-order valence-corrected chi connectivity index (χ3v) is 5.15. The average Bonchev–Trinajstić information content (AvgIpc) is 2.56. The van der Waals surface area contributed by atoms with Gasteiger partial charge in [0.1, 0.15) is 5.60 Å². The van der Waals surface area contributed by atoms with Crippen molar-refractivity contribution < 1.29 is 9.53 Å². The summed E-state index contributed by atoms with van der Waals surface area (Å²) in [7, 11) is 1.63. The number of amides is 1. The van der Waals surface area contributed by atoms with Crippen molar-refractivity contribution in [1.29, 1.82) is 0 Å². The summed E-state index contributed by atoms with van der Waals surface area (Å²) in [6, 6.07) is 8.39. The lowest BCUT2D eigenvalue weighted by Gasteiger charge is -2.35. The van der Waals surface area contributed by atoms with Crippen LogP contribution in [0.2, 0.25) is 0 Å². The number of halogens is 1. The number of hydrogen-bond donors (Lipinski definition) is 2. The van der Waals surface area contributed by atoms with Crippen LogP contribution in [-0.2, 0) is 9.53 Å². The third kappa shape index (κ3) is 5.11. The van der Waals surface area contributed by atoms with E-state index in [9.17, 15) is 4.79 Å². The normalized spacial score (nSPS) is 17.9. The molecular weight excluding hydrogens is 332 g/mol. The average molecular weight is 359 g/mol. The van der Waals surface area contributed by atoms with Crippen LogP contribution in [0.25, 0.3) is 0 Å². The lowest BCUT2D eigenvalue weighted by atomic mass is 9.90. The summed E-state index contributed by atoms with van der Waals surface area (Å²) in [4.78, 5) is 13.9. The fourth-order valence-electron chi connectivity index (χ4n) is 2.79. The zero-order valence-electron chi connectivity index (χ0n) is 14.1. The summed E-state index contributed by atoms with van der Waals surface area (Å²) in [6.45, 7) is 5.80. The molecule has 1 saturated heterocycles. The highest BCUT2D eigenvalue weighted by Crippen LogP contribution is 2.25. The summed E-state index contributed by atoms with van der Waals surface area (Å²) in [5, 5.41) is 6.38. The largest absolute Gasteiger partial charge is 0.368 e. The van der Waals surface area contributed by atoms with Gasteiger partial charge in [0.15, 0.2) is 0 Å². The van der Waals surface area contributed by atoms with Crippen molar-refractivity contribution in [3.63, 3.8) is 0 Å². The monoisotopic (exact) mass is 358 g/mol. The molecule has 2 N–H and O–H groups in total. The fourth-order valence-corrected chi connectivity index (χ4v) is 3.45. The van der Waals surface area contributed by atoms with E-state index in [1.807, 2.05) is 18.7 Å². The van der Waals surface area contributed by atoms with Gasteiger partial charge >= 0.3 is 0 Å². The first kappa shape index (κ1) is 20.3. The number of ether oxygens (including phenoxy) is 1. The van der Waals surface area contributed by atoms with Crippen molar-refractivity contribution in [2.75, 3.05) is 26.0 Å². The number of thioether (sulfide) groups is 1. The van der Waals surface area contributed by atoms with E-state index in [-0.39, 0.29) is 24.4 Å². The van der Waals surface area contributed by atoms with Gasteiger partial charge in [0, 0.05) is 12.0 Å². The van der Waals surface area contributed by atoms with Crippen LogP contribution in [0.3, 0.4) is 0 Å². The maximum atomic E-state index is 12.6. The molecule has 130 valence electrons. The quantitative estimate of drug-likeness (QED) is 0.767. The second kappa shape index (κ2) is 9.52. The molecule has 1 heterocycles. The Labute approximate surface area is 149 Å². The van der Waals surface area contributed by atoms with E-state index < -0.39 is 5.60 Å². The van der Waals surface area contributed by atoms with Crippen LogP contribution in [0.5, 0.6) is 0 Å². The third-order valence-electron chi connectivity index (χ3n) is 4.25. The molecular formula is C17H27ClN2O2S. The number of carbonyl (C=O) groups excluding carboxylic acids is 1. The molecule has 1 atom stereocenters. The van der Waals surface area contributed by atoms with Crippen LogP contribution >= 0.6 is 24.2 Å². The van der Waals surface area contributed by atoms with Crippen LogP contribution in [0.4, 0.5) is 0 Å². The maximum absolute atomic E-state index is 12.6. The number of nitrogens with one attached hydrogen (secondary N) is 2. The maximum Gasteiger partial charge on any atom is 0.252 e. The van der Waals surface area contributed by atoms with Gasteiger partial charge in [0.05, 0.1) is 6.04 Å². The molecule has 0 bridgehead atoms. The molecule has 2 rings (SSSR count). The minimum Gasteiger partial charge on any atom is -0.368 e. The number of methoxy groups -OCH3 is 1. The van der Waals surface area contributed by atoms with Gasteiger partial charge in [-0.25, -0.2) is 0 Å². The Morgan fingerprint density at radius 2 is 1.96 bits per heavy atom. The molecule has 4 nitrogen and oxygen atoms in total. The van der Waals surface area contributed by atoms with E-state index in [0.717, 1.165) is 24.4 Å². The Kier molecular flexibility index (Phi) is 8.40. The fraction of sp³-hybridized carbons (Fsp3) is 0.588. The predicted octanol–water partition coefficient (Wildman–Crippen LogP) is 3.17. The summed E-state index contributed by atoms with van der Waals surface area (Å²) < 4.78 is 5.57. The van der Waals surface area contributed by atoms with Crippen molar-refractivity contribution in [3.05, 3.63) is 29.8 Å². The van der Waals surface area contributed by atoms with Crippen LogP contribution in [0.1, 0.15) is 38.3 Å². The highest BCUT2D eigenvalue weighted by atomic mass is 35.5. The second-order valence-electron chi connectivity index (χ2n) is 5.65. The first-order chi connectivity index (χ1) is 10.6. The number of hydrogen-bond acceptors (Lipinski definition) is 4. The molecule has 1 fully saturated rings. The highest BCUT2D eigenvalue weighted by molar-refractivity contribution is 7.99. The lowest BCUT2D eigenvalue weighted by molar-refractivity contribution is -0.147. The zero-order valence-corrected chi connectivity index (χ0v) is 15.7. The summed E-state index contributed by atoms with van der Waals surface area (Å²) in [5.41, 5.74) is 0.436. The van der Waals surface area contributed by atoms with Crippen molar-refractivity contribution in [3.8, 4) is 0 Å². The molecule has 1 aromatic carbocycles. The second-order valence-corrected chi connectivity index (χ2v) is 6.98. The van der Waals surface area contributed by atoms with Crippen LogP contribution in [0, 0.1) is 0 Å². The number of benzene rings is 1. The van der Waals surface area contributed by atoms with E-state index in [0.29, 0.717) is 12.8 Å². The van der Waals surface area contributed by atoms with E-state index in [1.165, 1.54) is 4.90 Å². The van der Waals surface area contributed by atoms with Crippen molar-refractivity contribution in [1.82, 2.24) is 10.6 Å². The van der Waals surface area contributed by atoms with Gasteiger partial charge in [0.2, 0.25) is 0 Å². The molecule has 6 heteroatoms. The number of rotatable bonds is 6. The summed E-state index contributed by atoms with van der Waals surface area (Å²) in [5.74, 6) is 1.06. The Hall–Kier alpha value is -0.750. The highest BCUT2D eigenvalue weighted by Gasteiger charge is 2.40. The molecule has 1 aliphatic rings. The molecule has 1 aromatic rings. The molecule has 0 radical (unpaired) electrons. The Morgan fingerprint density at radius 3 is 2.48 bits per heavy atom. The molecule has 0 aromatic heterocycles. The van der Waals surface area contributed by atoms with Crippen LogP contribution in [0.15, 0.2) is 29.2 Å². The van der Waals surface area contributed by atoms with E-state index in [4.69, 9.17) is 4.74 Å². The molecule has 1 unspecified atom stereocenters. The van der Waals surface area contributed by atoms with Crippen LogP contribution < -0.4 is 10.6 Å². The van der Waals surface area contributed by atoms with Gasteiger partial charge in [-0.3, -0.25) is 4.79 Å².